The SMILES string of the molecule is CCOC(=O)c1c(NC(=O)C(C#N)=Cc2ccc(Sc3n[nH]c(-c4ccc(Cl)cc4Cl)n3)c([N+](=O)[O-])c2)sc(C)c1C. The van der Waals surface area contributed by atoms with E-state index < -0.39 is 16.8 Å². The van der Waals surface area contributed by atoms with Crippen LogP contribution in [-0.4, -0.2) is 38.6 Å². The highest BCUT2D eigenvalue weighted by molar-refractivity contribution is 7.99. The number of halogens is 2. The summed E-state index contributed by atoms with van der Waals surface area (Å²) in [6.45, 7) is 5.36. The molecule has 0 saturated heterocycles. The number of benzene rings is 2. The van der Waals surface area contributed by atoms with Gasteiger partial charge in [0, 0.05) is 21.5 Å². The average molecular weight is 644 g/mol. The van der Waals surface area contributed by atoms with Crippen LogP contribution in [-0.2, 0) is 9.53 Å². The molecule has 2 N–H and O–H groups in total. The Kier molecular flexibility index (Phi) is 9.64. The van der Waals surface area contributed by atoms with Gasteiger partial charge >= 0.3 is 5.97 Å². The molecule has 214 valence electrons. The van der Waals surface area contributed by atoms with Crippen molar-refractivity contribution in [2.24, 2.45) is 0 Å². The van der Waals surface area contributed by atoms with E-state index in [1.54, 1.807) is 39.0 Å². The van der Waals surface area contributed by atoms with Crippen molar-refractivity contribution in [3.63, 3.8) is 0 Å². The summed E-state index contributed by atoms with van der Waals surface area (Å²) in [5, 5.41) is 32.3. The van der Waals surface area contributed by atoms with Crippen LogP contribution in [0.25, 0.3) is 17.5 Å². The van der Waals surface area contributed by atoms with Gasteiger partial charge in [0.15, 0.2) is 5.82 Å². The molecule has 42 heavy (non-hydrogen) atoms. The second-order valence-electron chi connectivity index (χ2n) is 8.51. The van der Waals surface area contributed by atoms with Crippen molar-refractivity contribution in [3.05, 3.63) is 83.7 Å². The Morgan fingerprint density at radius 3 is 2.69 bits per heavy atom. The average Bonchev–Trinajstić information content (AvgIpc) is 3.51. The van der Waals surface area contributed by atoms with Gasteiger partial charge in [0.25, 0.3) is 11.6 Å². The normalized spacial score (nSPS) is 11.2. The first-order chi connectivity index (χ1) is 20.0. The molecule has 0 radical (unpaired) electrons. The second kappa shape index (κ2) is 13.2. The van der Waals surface area contributed by atoms with Crippen molar-refractivity contribution >= 4 is 74.9 Å². The van der Waals surface area contributed by atoms with Crippen LogP contribution in [0, 0.1) is 35.3 Å². The maximum atomic E-state index is 13.0. The van der Waals surface area contributed by atoms with Crippen LogP contribution < -0.4 is 5.32 Å². The Hall–Kier alpha value is -4.22. The van der Waals surface area contributed by atoms with E-state index in [9.17, 15) is 25.0 Å². The molecular weight excluding hydrogens is 623 g/mol. The van der Waals surface area contributed by atoms with E-state index >= 15 is 0 Å². The third-order valence-electron chi connectivity index (χ3n) is 5.80. The third-order valence-corrected chi connectivity index (χ3v) is 8.40. The third kappa shape index (κ3) is 6.80. The summed E-state index contributed by atoms with van der Waals surface area (Å²) in [4.78, 5) is 42.1. The molecule has 1 amide bonds. The number of ether oxygens (including phenoxy) is 1. The molecule has 2 aromatic carbocycles. The Morgan fingerprint density at radius 2 is 2.02 bits per heavy atom. The summed E-state index contributed by atoms with van der Waals surface area (Å²) in [5.41, 5.74) is 1.08. The van der Waals surface area contributed by atoms with Crippen molar-refractivity contribution in [2.45, 2.75) is 30.8 Å². The topological polar surface area (TPSA) is 164 Å². The van der Waals surface area contributed by atoms with Gasteiger partial charge in [-0.1, -0.05) is 29.3 Å². The fourth-order valence-electron chi connectivity index (χ4n) is 3.70. The highest BCUT2D eigenvalue weighted by Gasteiger charge is 2.24. The Labute approximate surface area is 257 Å². The summed E-state index contributed by atoms with van der Waals surface area (Å²) in [6.07, 6.45) is 1.22. The zero-order chi connectivity index (χ0) is 30.6. The number of thiophene rings is 1. The van der Waals surface area contributed by atoms with E-state index in [1.807, 2.05) is 6.07 Å². The smallest absolute Gasteiger partial charge is 0.341 e. The Balaban J connectivity index is 1.58. The molecular formula is C27H20Cl2N6O5S2. The summed E-state index contributed by atoms with van der Waals surface area (Å²) >= 11 is 14.3. The Morgan fingerprint density at radius 1 is 1.26 bits per heavy atom. The van der Waals surface area contributed by atoms with Crippen LogP contribution in [0.1, 0.15) is 33.3 Å². The van der Waals surface area contributed by atoms with Crippen LogP contribution in [0.4, 0.5) is 10.7 Å². The molecule has 11 nitrogen and oxygen atoms in total. The van der Waals surface area contributed by atoms with Gasteiger partial charge < -0.3 is 10.1 Å². The number of aromatic amines is 1. The lowest BCUT2D eigenvalue weighted by molar-refractivity contribution is -0.387. The fourth-order valence-corrected chi connectivity index (χ4v) is 6.04. The van der Waals surface area contributed by atoms with E-state index in [2.05, 4.69) is 20.5 Å². The molecule has 0 spiro atoms. The number of hydrogen-bond acceptors (Lipinski definition) is 10. The van der Waals surface area contributed by atoms with E-state index in [4.69, 9.17) is 27.9 Å². The fraction of sp³-hybridized carbons (Fsp3) is 0.148. The number of aromatic nitrogens is 3. The first kappa shape index (κ1) is 30.7. The van der Waals surface area contributed by atoms with Crippen molar-refractivity contribution in [1.29, 1.82) is 5.26 Å². The van der Waals surface area contributed by atoms with Crippen LogP contribution in [0.15, 0.2) is 52.0 Å². The standard InChI is InChI=1S/C27H20Cl2N6O5S2/c1-4-40-26(37)22-13(2)14(3)41-25(22)32-24(36)16(12-30)9-15-5-8-21(20(10-15)35(38)39)42-27-31-23(33-34-27)18-7-6-17(28)11-19(18)29/h5-11H,4H2,1-3H3,(H,32,36)(H,31,33,34). The zero-order valence-corrected chi connectivity index (χ0v) is 25.3. The first-order valence-electron chi connectivity index (χ1n) is 12.1. The molecule has 0 aliphatic rings. The number of nitriles is 1. The van der Waals surface area contributed by atoms with E-state index in [1.165, 1.54) is 35.6 Å². The number of carbonyl (C=O) groups is 2. The first-order valence-corrected chi connectivity index (χ1v) is 14.5. The minimum atomic E-state index is -0.778. The molecule has 0 bridgehead atoms. The number of esters is 1. The lowest BCUT2D eigenvalue weighted by atomic mass is 10.1. The number of H-pyrrole nitrogens is 1. The number of nitro groups is 1. The minimum absolute atomic E-state index is 0.158. The number of anilines is 1. The number of carbonyl (C=O) groups excluding carboxylic acids is 2. The van der Waals surface area contributed by atoms with Crippen LogP contribution in [0.5, 0.6) is 0 Å². The minimum Gasteiger partial charge on any atom is -0.462 e. The molecule has 0 aliphatic carbocycles. The van der Waals surface area contributed by atoms with E-state index in [0.717, 1.165) is 16.6 Å². The molecule has 2 aromatic heterocycles. The van der Waals surface area contributed by atoms with Gasteiger partial charge in [0.05, 0.1) is 27.0 Å². The Bertz CT molecular complexity index is 1790. The maximum absolute atomic E-state index is 13.0. The number of nitrogens with one attached hydrogen (secondary N) is 2. The molecule has 0 aliphatic heterocycles. The molecule has 4 rings (SSSR count). The van der Waals surface area contributed by atoms with Crippen molar-refractivity contribution in [1.82, 2.24) is 15.2 Å². The predicted octanol–water partition coefficient (Wildman–Crippen LogP) is 7.24. The number of nitro benzene ring substituents is 1. The zero-order valence-electron chi connectivity index (χ0n) is 22.2. The van der Waals surface area contributed by atoms with Gasteiger partial charge in [-0.3, -0.25) is 20.0 Å². The number of amides is 1. The van der Waals surface area contributed by atoms with Gasteiger partial charge in [-0.15, -0.1) is 16.4 Å². The maximum Gasteiger partial charge on any atom is 0.341 e. The van der Waals surface area contributed by atoms with Gasteiger partial charge in [0.1, 0.15) is 16.6 Å². The quantitative estimate of drug-likeness (QED) is 0.0629. The van der Waals surface area contributed by atoms with Crippen molar-refractivity contribution < 1.29 is 19.2 Å². The lowest BCUT2D eigenvalue weighted by Gasteiger charge is -2.07. The van der Waals surface area contributed by atoms with E-state index in [-0.39, 0.29) is 44.0 Å². The number of rotatable bonds is 9. The summed E-state index contributed by atoms with van der Waals surface area (Å²) in [7, 11) is 0. The molecule has 0 unspecified atom stereocenters. The number of aryl methyl sites for hydroxylation is 1. The molecule has 2 heterocycles. The molecule has 0 saturated carbocycles. The van der Waals surface area contributed by atoms with Crippen LogP contribution in [0.2, 0.25) is 10.0 Å². The predicted molar refractivity (Wildman–Crippen MR) is 161 cm³/mol. The molecule has 0 atom stereocenters. The summed E-state index contributed by atoms with van der Waals surface area (Å²) in [6, 6.07) is 10.9. The van der Waals surface area contributed by atoms with Gasteiger partial charge in [0.2, 0.25) is 5.16 Å². The number of hydrogen-bond donors (Lipinski definition) is 2. The summed E-state index contributed by atoms with van der Waals surface area (Å²) in [5.74, 6) is -1.01. The van der Waals surface area contributed by atoms with Crippen molar-refractivity contribution in [2.75, 3.05) is 11.9 Å². The highest BCUT2D eigenvalue weighted by Crippen LogP contribution is 2.36. The number of nitrogens with zero attached hydrogens (tertiary/aromatic N) is 4. The van der Waals surface area contributed by atoms with Gasteiger partial charge in [-0.2, -0.15) is 5.26 Å². The second-order valence-corrected chi connectivity index (χ2v) is 11.6. The largest absolute Gasteiger partial charge is 0.462 e. The van der Waals surface area contributed by atoms with E-state index in [0.29, 0.717) is 27.0 Å². The van der Waals surface area contributed by atoms with Crippen molar-refractivity contribution in [3.8, 4) is 17.5 Å². The molecule has 15 heteroatoms. The highest BCUT2D eigenvalue weighted by atomic mass is 35.5. The van der Waals surface area contributed by atoms with Crippen LogP contribution in [0.3, 0.4) is 0 Å². The monoisotopic (exact) mass is 642 g/mol. The molecule has 4 aromatic rings. The lowest BCUT2D eigenvalue weighted by Crippen LogP contribution is -2.16. The molecule has 0 fully saturated rings. The van der Waals surface area contributed by atoms with Gasteiger partial charge in [-0.05, 0) is 74.0 Å². The van der Waals surface area contributed by atoms with Crippen LogP contribution >= 0.6 is 46.3 Å². The van der Waals surface area contributed by atoms with Gasteiger partial charge in [-0.25, -0.2) is 9.78 Å². The summed E-state index contributed by atoms with van der Waals surface area (Å²) < 4.78 is 5.10.